The van der Waals surface area contributed by atoms with Gasteiger partial charge in [-0.2, -0.15) is 0 Å². The van der Waals surface area contributed by atoms with Crippen LogP contribution in [0.4, 0.5) is 4.79 Å². The van der Waals surface area contributed by atoms with Gasteiger partial charge in [0.05, 0.1) is 6.54 Å². The standard InChI is InChI=1S/C21H23ClN2O3/c1-23-14-21(27-20(23)25)10-3-11-24(15-21)13-16-4-2-5-19(12-16)26-18-8-6-17(22)7-9-18/h2,4-9,12H,3,10-11,13-15H2,1H3. The Morgan fingerprint density at radius 3 is 2.70 bits per heavy atom. The van der Waals surface area contributed by atoms with E-state index < -0.39 is 0 Å². The van der Waals surface area contributed by atoms with Gasteiger partial charge in [0.15, 0.2) is 0 Å². The topological polar surface area (TPSA) is 42.0 Å². The van der Waals surface area contributed by atoms with Crippen LogP contribution in [-0.4, -0.2) is 48.2 Å². The lowest BCUT2D eigenvalue weighted by Gasteiger charge is -2.38. The Labute approximate surface area is 164 Å². The number of halogens is 1. The van der Waals surface area contributed by atoms with Crippen LogP contribution in [0.5, 0.6) is 11.5 Å². The van der Waals surface area contributed by atoms with Gasteiger partial charge in [0, 0.05) is 25.2 Å². The van der Waals surface area contributed by atoms with Crippen molar-refractivity contribution in [3.05, 3.63) is 59.1 Å². The number of likely N-dealkylation sites (N-methyl/N-ethyl adjacent to an activating group) is 1. The molecule has 0 radical (unpaired) electrons. The summed E-state index contributed by atoms with van der Waals surface area (Å²) in [5.41, 5.74) is 0.817. The van der Waals surface area contributed by atoms with E-state index in [0.717, 1.165) is 44.0 Å². The zero-order valence-electron chi connectivity index (χ0n) is 15.4. The van der Waals surface area contributed by atoms with Crippen LogP contribution < -0.4 is 4.74 Å². The average molecular weight is 387 g/mol. The highest BCUT2D eigenvalue weighted by molar-refractivity contribution is 6.30. The molecule has 1 unspecified atom stereocenters. The van der Waals surface area contributed by atoms with Gasteiger partial charge in [-0.3, -0.25) is 4.90 Å². The van der Waals surface area contributed by atoms with Crippen molar-refractivity contribution in [2.24, 2.45) is 0 Å². The quantitative estimate of drug-likeness (QED) is 0.773. The Morgan fingerprint density at radius 1 is 1.15 bits per heavy atom. The number of likely N-dealkylation sites (tertiary alicyclic amines) is 1. The second-order valence-corrected chi connectivity index (χ2v) is 7.86. The first kappa shape index (κ1) is 18.1. The van der Waals surface area contributed by atoms with Gasteiger partial charge >= 0.3 is 6.09 Å². The van der Waals surface area contributed by atoms with E-state index in [1.165, 1.54) is 5.56 Å². The minimum absolute atomic E-state index is 0.213. The summed E-state index contributed by atoms with van der Waals surface area (Å²) in [4.78, 5) is 15.8. The number of hydrogen-bond donors (Lipinski definition) is 0. The third kappa shape index (κ3) is 4.20. The molecule has 2 aliphatic heterocycles. The van der Waals surface area contributed by atoms with Crippen LogP contribution in [0, 0.1) is 0 Å². The molecule has 142 valence electrons. The maximum absolute atomic E-state index is 11.8. The first-order chi connectivity index (χ1) is 13.0. The van der Waals surface area contributed by atoms with E-state index in [1.54, 1.807) is 11.9 Å². The van der Waals surface area contributed by atoms with Gasteiger partial charge in [-0.1, -0.05) is 23.7 Å². The van der Waals surface area contributed by atoms with Gasteiger partial charge in [-0.15, -0.1) is 0 Å². The van der Waals surface area contributed by atoms with Crippen molar-refractivity contribution in [1.29, 1.82) is 0 Å². The molecule has 4 rings (SSSR count). The number of carbonyl (C=O) groups is 1. The van der Waals surface area contributed by atoms with Crippen molar-refractivity contribution in [3.8, 4) is 11.5 Å². The monoisotopic (exact) mass is 386 g/mol. The first-order valence-corrected chi connectivity index (χ1v) is 9.58. The van der Waals surface area contributed by atoms with E-state index in [4.69, 9.17) is 21.1 Å². The summed E-state index contributed by atoms with van der Waals surface area (Å²) in [6.07, 6.45) is 1.75. The third-order valence-electron chi connectivity index (χ3n) is 5.11. The minimum Gasteiger partial charge on any atom is -0.457 e. The van der Waals surface area contributed by atoms with E-state index in [9.17, 15) is 4.79 Å². The molecule has 0 aromatic heterocycles. The molecule has 2 aromatic carbocycles. The van der Waals surface area contributed by atoms with Gasteiger partial charge in [-0.05, 0) is 61.3 Å². The van der Waals surface area contributed by atoms with Gasteiger partial charge < -0.3 is 14.4 Å². The fraction of sp³-hybridized carbons (Fsp3) is 0.381. The maximum Gasteiger partial charge on any atom is 0.410 e. The number of amides is 1. The Hall–Kier alpha value is -2.24. The van der Waals surface area contributed by atoms with E-state index >= 15 is 0 Å². The van der Waals surface area contributed by atoms with Crippen molar-refractivity contribution < 1.29 is 14.3 Å². The molecule has 6 heteroatoms. The Morgan fingerprint density at radius 2 is 1.96 bits per heavy atom. The number of rotatable bonds is 4. The van der Waals surface area contributed by atoms with Crippen molar-refractivity contribution in [2.45, 2.75) is 25.0 Å². The molecule has 1 atom stereocenters. The van der Waals surface area contributed by atoms with Crippen LogP contribution in [-0.2, 0) is 11.3 Å². The SMILES string of the molecule is CN1CC2(CCCN(Cc3cccc(Oc4ccc(Cl)cc4)c3)C2)OC1=O. The predicted molar refractivity (Wildman–Crippen MR) is 104 cm³/mol. The predicted octanol–water partition coefficient (Wildman–Crippen LogP) is 4.55. The van der Waals surface area contributed by atoms with Crippen molar-refractivity contribution >= 4 is 17.7 Å². The number of carbonyl (C=O) groups excluding carboxylic acids is 1. The van der Waals surface area contributed by atoms with E-state index in [1.807, 2.05) is 36.4 Å². The molecule has 0 aliphatic carbocycles. The largest absolute Gasteiger partial charge is 0.457 e. The fourth-order valence-corrected chi connectivity index (χ4v) is 4.06. The smallest absolute Gasteiger partial charge is 0.410 e. The first-order valence-electron chi connectivity index (χ1n) is 9.20. The number of piperidine rings is 1. The van der Waals surface area contributed by atoms with Gasteiger partial charge in [0.1, 0.15) is 17.1 Å². The zero-order chi connectivity index (χ0) is 18.9. The summed E-state index contributed by atoms with van der Waals surface area (Å²) in [6.45, 7) is 3.25. The Balaban J connectivity index is 1.42. The van der Waals surface area contributed by atoms with Crippen LogP contribution in [0.1, 0.15) is 18.4 Å². The highest BCUT2D eigenvalue weighted by atomic mass is 35.5. The second kappa shape index (κ2) is 7.41. The van der Waals surface area contributed by atoms with Crippen LogP contribution in [0.15, 0.2) is 48.5 Å². The molecular weight excluding hydrogens is 364 g/mol. The molecule has 27 heavy (non-hydrogen) atoms. The summed E-state index contributed by atoms with van der Waals surface area (Å²) < 4.78 is 11.6. The Bertz CT molecular complexity index is 826. The van der Waals surface area contributed by atoms with E-state index in [0.29, 0.717) is 11.6 Å². The number of benzene rings is 2. The molecular formula is C21H23ClN2O3. The molecule has 0 bridgehead atoms. The molecule has 1 amide bonds. The molecule has 0 N–H and O–H groups in total. The number of nitrogens with zero attached hydrogens (tertiary/aromatic N) is 2. The van der Waals surface area contributed by atoms with Crippen LogP contribution >= 0.6 is 11.6 Å². The van der Waals surface area contributed by atoms with Crippen LogP contribution in [0.25, 0.3) is 0 Å². The summed E-state index contributed by atoms with van der Waals surface area (Å²) in [7, 11) is 1.80. The van der Waals surface area contributed by atoms with E-state index in [-0.39, 0.29) is 11.7 Å². The molecule has 2 aromatic rings. The second-order valence-electron chi connectivity index (χ2n) is 7.42. The molecule has 2 aliphatic rings. The lowest BCUT2D eigenvalue weighted by atomic mass is 9.92. The Kier molecular flexibility index (Phi) is 4.98. The maximum atomic E-state index is 11.8. The third-order valence-corrected chi connectivity index (χ3v) is 5.37. The lowest BCUT2D eigenvalue weighted by molar-refractivity contribution is -0.0113. The van der Waals surface area contributed by atoms with Gasteiger partial charge in [0.2, 0.25) is 0 Å². The van der Waals surface area contributed by atoms with Crippen molar-refractivity contribution in [3.63, 3.8) is 0 Å². The molecule has 2 saturated heterocycles. The number of hydrogen-bond acceptors (Lipinski definition) is 4. The zero-order valence-corrected chi connectivity index (χ0v) is 16.1. The van der Waals surface area contributed by atoms with Crippen LogP contribution in [0.3, 0.4) is 0 Å². The number of ether oxygens (including phenoxy) is 2. The van der Waals surface area contributed by atoms with Crippen molar-refractivity contribution in [2.75, 3.05) is 26.7 Å². The summed E-state index contributed by atoms with van der Waals surface area (Å²) in [5, 5.41) is 0.688. The normalized spacial score (nSPS) is 22.9. The summed E-state index contributed by atoms with van der Waals surface area (Å²) in [6, 6.07) is 15.4. The highest BCUT2D eigenvalue weighted by Gasteiger charge is 2.46. The highest BCUT2D eigenvalue weighted by Crippen LogP contribution is 2.32. The molecule has 2 fully saturated rings. The van der Waals surface area contributed by atoms with Gasteiger partial charge in [-0.25, -0.2) is 4.79 Å². The summed E-state index contributed by atoms with van der Waals surface area (Å²) in [5.74, 6) is 1.56. The summed E-state index contributed by atoms with van der Waals surface area (Å²) >= 11 is 5.92. The molecule has 1 spiro atoms. The molecule has 0 saturated carbocycles. The molecule has 5 nitrogen and oxygen atoms in total. The van der Waals surface area contributed by atoms with Crippen LogP contribution in [0.2, 0.25) is 5.02 Å². The lowest BCUT2D eigenvalue weighted by Crippen LogP contribution is -2.50. The minimum atomic E-state index is -0.360. The van der Waals surface area contributed by atoms with Gasteiger partial charge in [0.25, 0.3) is 0 Å². The fourth-order valence-electron chi connectivity index (χ4n) is 3.93. The molecule has 2 heterocycles. The average Bonchev–Trinajstić information content (AvgIpc) is 2.90. The van der Waals surface area contributed by atoms with Crippen molar-refractivity contribution in [1.82, 2.24) is 9.80 Å². The van der Waals surface area contributed by atoms with E-state index in [2.05, 4.69) is 17.0 Å².